The van der Waals surface area contributed by atoms with Crippen molar-refractivity contribution in [2.45, 2.75) is 32.4 Å². The van der Waals surface area contributed by atoms with Crippen LogP contribution in [0.1, 0.15) is 36.0 Å². The zero-order valence-corrected chi connectivity index (χ0v) is 16.0. The van der Waals surface area contributed by atoms with Gasteiger partial charge in [0.15, 0.2) is 0 Å². The molecule has 0 spiro atoms. The molecule has 27 heavy (non-hydrogen) atoms. The van der Waals surface area contributed by atoms with Crippen molar-refractivity contribution in [3.63, 3.8) is 0 Å². The lowest BCUT2D eigenvalue weighted by Gasteiger charge is -2.07. The number of aryl methyl sites for hydroxylation is 1. The quantitative estimate of drug-likeness (QED) is 0.577. The number of hydrogen-bond acceptors (Lipinski definition) is 5. The van der Waals surface area contributed by atoms with Crippen LogP contribution in [0.3, 0.4) is 0 Å². The number of fused-ring (bicyclic) bond motifs is 1. The van der Waals surface area contributed by atoms with Crippen molar-refractivity contribution in [3.8, 4) is 10.4 Å². The first-order chi connectivity index (χ1) is 13.3. The van der Waals surface area contributed by atoms with Gasteiger partial charge in [0.2, 0.25) is 0 Å². The van der Waals surface area contributed by atoms with E-state index in [4.69, 9.17) is 10.1 Å². The van der Waals surface area contributed by atoms with Gasteiger partial charge in [-0.15, -0.1) is 11.3 Å². The second-order valence-corrected chi connectivity index (χ2v) is 8.13. The van der Waals surface area contributed by atoms with Crippen LogP contribution in [-0.4, -0.2) is 26.3 Å². The van der Waals surface area contributed by atoms with Crippen molar-refractivity contribution in [1.29, 1.82) is 0 Å². The number of benzene rings is 1. The molecule has 0 aliphatic carbocycles. The van der Waals surface area contributed by atoms with E-state index < -0.39 is 0 Å². The van der Waals surface area contributed by atoms with Gasteiger partial charge in [0.05, 0.1) is 28.5 Å². The average molecular weight is 376 g/mol. The van der Waals surface area contributed by atoms with Crippen LogP contribution in [0.5, 0.6) is 0 Å². The molecule has 1 N–H and O–H groups in total. The number of thiophene rings is 1. The van der Waals surface area contributed by atoms with Gasteiger partial charge in [0.1, 0.15) is 5.82 Å². The van der Waals surface area contributed by atoms with Crippen molar-refractivity contribution in [1.82, 2.24) is 25.1 Å². The van der Waals surface area contributed by atoms with E-state index in [1.54, 1.807) is 11.3 Å². The highest BCUT2D eigenvalue weighted by atomic mass is 32.1. The normalized spacial score (nSPS) is 17.0. The van der Waals surface area contributed by atoms with Crippen molar-refractivity contribution < 1.29 is 0 Å². The zero-order chi connectivity index (χ0) is 18.2. The minimum atomic E-state index is 0.299. The second kappa shape index (κ2) is 6.87. The summed E-state index contributed by atoms with van der Waals surface area (Å²) in [7, 11) is 0. The summed E-state index contributed by atoms with van der Waals surface area (Å²) in [6.07, 6.45) is 6.42. The number of rotatable bonds is 4. The Kier molecular flexibility index (Phi) is 4.22. The fourth-order valence-electron chi connectivity index (χ4n) is 3.67. The molecule has 4 heterocycles. The molecule has 0 radical (unpaired) electrons. The van der Waals surface area contributed by atoms with Gasteiger partial charge in [0.25, 0.3) is 0 Å². The van der Waals surface area contributed by atoms with E-state index in [9.17, 15) is 0 Å². The van der Waals surface area contributed by atoms with Crippen LogP contribution in [0.25, 0.3) is 20.7 Å². The third-order valence-electron chi connectivity index (χ3n) is 5.06. The molecule has 1 aromatic carbocycles. The summed E-state index contributed by atoms with van der Waals surface area (Å²) in [5.74, 6) is 0.917. The van der Waals surface area contributed by atoms with Gasteiger partial charge in [-0.3, -0.25) is 4.68 Å². The number of nitrogens with zero attached hydrogens (tertiary/aromatic N) is 4. The molecular formula is C21H21N5S. The van der Waals surface area contributed by atoms with Crippen LogP contribution in [0, 0.1) is 6.92 Å². The predicted octanol–water partition coefficient (Wildman–Crippen LogP) is 4.34. The standard InChI is InChI=1S/C21H21N5S/c1-14-16(13-26(25-14)12-15-6-3-2-4-7-15)19-10-18-20(27-19)11-23-21(24-18)17-8-5-9-22-17/h2-4,6-7,10-11,13,17,22H,5,8-9,12H2,1H3. The van der Waals surface area contributed by atoms with Crippen molar-refractivity contribution in [2.75, 3.05) is 6.54 Å². The fraction of sp³-hybridized carbons (Fsp3) is 0.286. The third kappa shape index (κ3) is 3.26. The van der Waals surface area contributed by atoms with Crippen LogP contribution in [-0.2, 0) is 6.54 Å². The topological polar surface area (TPSA) is 55.6 Å². The Balaban J connectivity index is 1.46. The number of hydrogen-bond donors (Lipinski definition) is 1. The molecule has 1 atom stereocenters. The van der Waals surface area contributed by atoms with Crippen LogP contribution >= 0.6 is 11.3 Å². The largest absolute Gasteiger partial charge is 0.307 e. The van der Waals surface area contributed by atoms with E-state index in [0.717, 1.165) is 41.2 Å². The van der Waals surface area contributed by atoms with Gasteiger partial charge in [-0.1, -0.05) is 30.3 Å². The lowest BCUT2D eigenvalue weighted by atomic mass is 10.2. The first-order valence-corrected chi connectivity index (χ1v) is 10.2. The molecule has 1 unspecified atom stereocenters. The summed E-state index contributed by atoms with van der Waals surface area (Å²) in [6, 6.07) is 12.9. The summed E-state index contributed by atoms with van der Waals surface area (Å²) in [5, 5.41) is 8.19. The molecule has 136 valence electrons. The Morgan fingerprint density at radius 1 is 1.26 bits per heavy atom. The summed E-state index contributed by atoms with van der Waals surface area (Å²) in [4.78, 5) is 10.6. The molecule has 0 saturated carbocycles. The Morgan fingerprint density at radius 3 is 2.96 bits per heavy atom. The summed E-state index contributed by atoms with van der Waals surface area (Å²) in [5.41, 5.74) is 4.50. The molecule has 5 rings (SSSR count). The summed E-state index contributed by atoms with van der Waals surface area (Å²) < 4.78 is 3.14. The Morgan fingerprint density at radius 2 is 2.15 bits per heavy atom. The highest BCUT2D eigenvalue weighted by molar-refractivity contribution is 7.22. The minimum Gasteiger partial charge on any atom is -0.307 e. The Hall–Kier alpha value is -2.57. The molecule has 1 saturated heterocycles. The maximum atomic E-state index is 4.82. The van der Waals surface area contributed by atoms with Crippen LogP contribution in [0.15, 0.2) is 48.8 Å². The smallest absolute Gasteiger partial charge is 0.145 e. The fourth-order valence-corrected chi connectivity index (χ4v) is 4.70. The van der Waals surface area contributed by atoms with Gasteiger partial charge in [-0.25, -0.2) is 9.97 Å². The highest BCUT2D eigenvalue weighted by Crippen LogP contribution is 2.34. The molecule has 0 bridgehead atoms. The van der Waals surface area contributed by atoms with E-state index in [1.165, 1.54) is 22.4 Å². The van der Waals surface area contributed by atoms with Crippen molar-refractivity contribution in [2.24, 2.45) is 0 Å². The van der Waals surface area contributed by atoms with Gasteiger partial charge < -0.3 is 5.32 Å². The van der Waals surface area contributed by atoms with E-state index in [2.05, 4.69) is 53.8 Å². The second-order valence-electron chi connectivity index (χ2n) is 7.05. The molecule has 5 nitrogen and oxygen atoms in total. The predicted molar refractivity (Wildman–Crippen MR) is 109 cm³/mol. The third-order valence-corrected chi connectivity index (χ3v) is 6.15. The van der Waals surface area contributed by atoms with Gasteiger partial charge in [0, 0.05) is 22.8 Å². The monoisotopic (exact) mass is 375 g/mol. The Bertz CT molecular complexity index is 1080. The van der Waals surface area contributed by atoms with Crippen LogP contribution in [0.4, 0.5) is 0 Å². The molecule has 3 aromatic heterocycles. The van der Waals surface area contributed by atoms with E-state index in [-0.39, 0.29) is 0 Å². The van der Waals surface area contributed by atoms with Gasteiger partial charge in [-0.05, 0) is 37.9 Å². The first kappa shape index (κ1) is 16.6. The summed E-state index contributed by atoms with van der Waals surface area (Å²) in [6.45, 7) is 3.91. The highest BCUT2D eigenvalue weighted by Gasteiger charge is 2.20. The molecule has 1 aliphatic rings. The molecule has 4 aromatic rings. The Labute approximate surface area is 162 Å². The molecule has 0 amide bonds. The maximum Gasteiger partial charge on any atom is 0.145 e. The number of aromatic nitrogens is 4. The zero-order valence-electron chi connectivity index (χ0n) is 15.2. The van der Waals surface area contributed by atoms with Gasteiger partial charge in [-0.2, -0.15) is 5.10 Å². The lowest BCUT2D eigenvalue weighted by molar-refractivity contribution is 0.608. The number of nitrogens with one attached hydrogen (secondary N) is 1. The minimum absolute atomic E-state index is 0.299. The summed E-state index contributed by atoms with van der Waals surface area (Å²) >= 11 is 1.74. The van der Waals surface area contributed by atoms with E-state index in [0.29, 0.717) is 6.04 Å². The van der Waals surface area contributed by atoms with E-state index >= 15 is 0 Å². The molecular weight excluding hydrogens is 354 g/mol. The SMILES string of the molecule is Cc1nn(Cc2ccccc2)cc1-c1cc2nc(C3CCCN3)ncc2s1. The van der Waals surface area contributed by atoms with Crippen molar-refractivity contribution in [3.05, 3.63) is 65.9 Å². The van der Waals surface area contributed by atoms with Crippen LogP contribution in [0.2, 0.25) is 0 Å². The maximum absolute atomic E-state index is 4.82. The lowest BCUT2D eigenvalue weighted by Crippen LogP contribution is -2.15. The molecule has 6 heteroatoms. The van der Waals surface area contributed by atoms with E-state index in [1.807, 2.05) is 16.9 Å². The first-order valence-electron chi connectivity index (χ1n) is 9.34. The average Bonchev–Trinajstić information content (AvgIpc) is 3.41. The molecule has 1 fully saturated rings. The van der Waals surface area contributed by atoms with Gasteiger partial charge >= 0.3 is 0 Å². The van der Waals surface area contributed by atoms with Crippen molar-refractivity contribution >= 4 is 21.6 Å². The van der Waals surface area contributed by atoms with Crippen LogP contribution < -0.4 is 5.32 Å². The molecule has 1 aliphatic heterocycles.